The van der Waals surface area contributed by atoms with Gasteiger partial charge in [0.2, 0.25) is 10.0 Å². The average Bonchev–Trinajstić information content (AvgIpc) is 2.71. The highest BCUT2D eigenvalue weighted by molar-refractivity contribution is 7.89. The van der Waals surface area contributed by atoms with Crippen molar-refractivity contribution in [2.45, 2.75) is 17.0 Å². The molecule has 30 heavy (non-hydrogen) atoms. The molecule has 11 heteroatoms. The highest BCUT2D eigenvalue weighted by atomic mass is 35.5. The van der Waals surface area contributed by atoms with Gasteiger partial charge in [-0.1, -0.05) is 6.07 Å². The summed E-state index contributed by atoms with van der Waals surface area (Å²) in [5.74, 6) is -0.347. The summed E-state index contributed by atoms with van der Waals surface area (Å²) in [5, 5.41) is 5.15. The minimum absolute atomic E-state index is 0.0253. The lowest BCUT2D eigenvalue weighted by atomic mass is 10.1. The van der Waals surface area contributed by atoms with E-state index in [0.29, 0.717) is 37.4 Å². The lowest BCUT2D eigenvalue weighted by molar-refractivity contribution is -0.137. The number of hydrogen-bond donors (Lipinski definition) is 1. The molecule has 2 N–H and O–H groups in total. The third kappa shape index (κ3) is 4.88. The maximum absolute atomic E-state index is 12.9. The first-order chi connectivity index (χ1) is 14.0. The fourth-order valence-corrected chi connectivity index (χ4v) is 4.02. The Morgan fingerprint density at radius 2 is 1.63 bits per heavy atom. The monoisotopic (exact) mass is 461 g/mol. The minimum atomic E-state index is -4.39. The highest BCUT2D eigenvalue weighted by Gasteiger charge is 2.30. The summed E-state index contributed by atoms with van der Waals surface area (Å²) in [6.07, 6.45) is -4.39. The highest BCUT2D eigenvalue weighted by Crippen LogP contribution is 2.31. The molecular formula is C19H19ClF3N3O3S. The molecule has 0 bridgehead atoms. The molecule has 1 heterocycles. The van der Waals surface area contributed by atoms with Crippen molar-refractivity contribution in [3.05, 3.63) is 59.2 Å². The summed E-state index contributed by atoms with van der Waals surface area (Å²) in [4.78, 5) is 16.2. The van der Waals surface area contributed by atoms with Crippen molar-refractivity contribution >= 4 is 33.2 Å². The van der Waals surface area contributed by atoms with E-state index in [1.54, 1.807) is 4.90 Å². The van der Waals surface area contributed by atoms with Gasteiger partial charge in [-0.3, -0.25) is 4.79 Å². The predicted octanol–water partition coefficient (Wildman–Crippen LogP) is 3.05. The van der Waals surface area contributed by atoms with Gasteiger partial charge in [-0.25, -0.2) is 13.6 Å². The molecule has 2 aromatic rings. The second-order valence-electron chi connectivity index (χ2n) is 6.82. The SMILES string of the molecule is NS(=O)(=O)c1ccc(CCl)c(C(=O)N2CCN(c3ccc(C(F)(F)F)cc3)CC2)c1. The van der Waals surface area contributed by atoms with Gasteiger partial charge >= 0.3 is 6.18 Å². The summed E-state index contributed by atoms with van der Waals surface area (Å²) >= 11 is 5.89. The second-order valence-corrected chi connectivity index (χ2v) is 8.65. The lowest BCUT2D eigenvalue weighted by Crippen LogP contribution is -2.49. The molecule has 3 rings (SSSR count). The number of rotatable bonds is 4. The number of sulfonamides is 1. The molecule has 162 valence electrons. The zero-order chi connectivity index (χ0) is 22.1. The van der Waals surface area contributed by atoms with Gasteiger partial charge in [0.25, 0.3) is 5.91 Å². The van der Waals surface area contributed by atoms with E-state index in [4.69, 9.17) is 16.7 Å². The fourth-order valence-electron chi connectivity index (χ4n) is 3.25. The number of primary sulfonamides is 1. The van der Waals surface area contributed by atoms with E-state index in [-0.39, 0.29) is 22.2 Å². The molecule has 0 aliphatic carbocycles. The van der Waals surface area contributed by atoms with Crippen molar-refractivity contribution in [3.8, 4) is 0 Å². The number of anilines is 1. The number of alkyl halides is 4. The van der Waals surface area contributed by atoms with Crippen LogP contribution >= 0.6 is 11.6 Å². The van der Waals surface area contributed by atoms with Crippen LogP contribution in [-0.2, 0) is 22.1 Å². The van der Waals surface area contributed by atoms with Gasteiger partial charge in [-0.15, -0.1) is 11.6 Å². The lowest BCUT2D eigenvalue weighted by Gasteiger charge is -2.36. The standard InChI is InChI=1S/C19H19ClF3N3O3S/c20-12-13-1-6-16(30(24,28)29)11-17(13)18(27)26-9-7-25(8-10-26)15-4-2-14(3-5-15)19(21,22)23/h1-6,11H,7-10,12H2,(H2,24,28,29). The number of carbonyl (C=O) groups is 1. The molecule has 0 spiro atoms. The minimum Gasteiger partial charge on any atom is -0.368 e. The number of halogens is 4. The Hall–Kier alpha value is -2.30. The molecule has 1 saturated heterocycles. The first-order valence-corrected chi connectivity index (χ1v) is 11.0. The third-order valence-electron chi connectivity index (χ3n) is 4.91. The van der Waals surface area contributed by atoms with Gasteiger partial charge in [-0.2, -0.15) is 13.2 Å². The molecule has 1 amide bonds. The molecule has 1 fully saturated rings. The van der Waals surface area contributed by atoms with E-state index in [2.05, 4.69) is 0 Å². The largest absolute Gasteiger partial charge is 0.416 e. The Balaban J connectivity index is 1.73. The second kappa shape index (κ2) is 8.44. The molecular weight excluding hydrogens is 443 g/mol. The van der Waals surface area contributed by atoms with E-state index >= 15 is 0 Å². The summed E-state index contributed by atoms with van der Waals surface area (Å²) < 4.78 is 61.4. The number of carbonyl (C=O) groups excluding carboxylic acids is 1. The van der Waals surface area contributed by atoms with E-state index in [0.717, 1.165) is 12.1 Å². The first-order valence-electron chi connectivity index (χ1n) is 8.94. The summed E-state index contributed by atoms with van der Waals surface area (Å²) in [7, 11) is -3.98. The van der Waals surface area contributed by atoms with E-state index < -0.39 is 21.8 Å². The van der Waals surface area contributed by atoms with Crippen LogP contribution in [-0.4, -0.2) is 45.4 Å². The summed E-state index contributed by atoms with van der Waals surface area (Å²) in [6.45, 7) is 1.48. The Bertz CT molecular complexity index is 1040. The van der Waals surface area contributed by atoms with Crippen LogP contribution in [0.1, 0.15) is 21.5 Å². The van der Waals surface area contributed by atoms with E-state index in [1.165, 1.54) is 30.3 Å². The smallest absolute Gasteiger partial charge is 0.368 e. The Morgan fingerprint density at radius 1 is 1.03 bits per heavy atom. The van der Waals surface area contributed by atoms with Gasteiger partial charge in [0.05, 0.1) is 10.5 Å². The molecule has 6 nitrogen and oxygen atoms in total. The van der Waals surface area contributed by atoms with Crippen LogP contribution in [0.2, 0.25) is 0 Å². The van der Waals surface area contributed by atoms with Crippen molar-refractivity contribution in [1.82, 2.24) is 4.90 Å². The number of piperazine rings is 1. The van der Waals surface area contributed by atoms with Crippen LogP contribution in [0.3, 0.4) is 0 Å². The number of nitrogens with zero attached hydrogens (tertiary/aromatic N) is 2. The fraction of sp³-hybridized carbons (Fsp3) is 0.316. The van der Waals surface area contributed by atoms with Gasteiger partial charge in [0, 0.05) is 43.3 Å². The quantitative estimate of drug-likeness (QED) is 0.709. The van der Waals surface area contributed by atoms with Crippen LogP contribution in [0.25, 0.3) is 0 Å². The molecule has 0 aromatic heterocycles. The van der Waals surface area contributed by atoms with Gasteiger partial charge < -0.3 is 9.80 Å². The van der Waals surface area contributed by atoms with Crippen molar-refractivity contribution in [1.29, 1.82) is 0 Å². The van der Waals surface area contributed by atoms with Crippen molar-refractivity contribution < 1.29 is 26.4 Å². The van der Waals surface area contributed by atoms with Crippen molar-refractivity contribution in [2.24, 2.45) is 5.14 Å². The van der Waals surface area contributed by atoms with Crippen LogP contribution in [0.4, 0.5) is 18.9 Å². The number of amides is 1. The van der Waals surface area contributed by atoms with Gasteiger partial charge in [-0.05, 0) is 42.0 Å². The van der Waals surface area contributed by atoms with Crippen LogP contribution in [0.5, 0.6) is 0 Å². The zero-order valence-electron chi connectivity index (χ0n) is 15.7. The number of benzene rings is 2. The molecule has 0 saturated carbocycles. The van der Waals surface area contributed by atoms with Crippen LogP contribution in [0.15, 0.2) is 47.4 Å². The molecule has 0 unspecified atom stereocenters. The Morgan fingerprint density at radius 3 is 2.13 bits per heavy atom. The first kappa shape index (κ1) is 22.4. The summed E-state index contributed by atoms with van der Waals surface area (Å²) in [6, 6.07) is 8.84. The molecule has 0 radical (unpaired) electrons. The third-order valence-corrected chi connectivity index (χ3v) is 6.11. The van der Waals surface area contributed by atoms with Gasteiger partial charge in [0.1, 0.15) is 0 Å². The molecule has 1 aliphatic heterocycles. The topological polar surface area (TPSA) is 83.7 Å². The molecule has 1 aliphatic rings. The van der Waals surface area contributed by atoms with E-state index in [1.807, 2.05) is 4.90 Å². The average molecular weight is 462 g/mol. The van der Waals surface area contributed by atoms with Gasteiger partial charge in [0.15, 0.2) is 0 Å². The maximum atomic E-state index is 12.9. The molecule has 0 atom stereocenters. The maximum Gasteiger partial charge on any atom is 0.416 e. The van der Waals surface area contributed by atoms with Crippen LogP contribution in [0, 0.1) is 0 Å². The number of hydrogen-bond acceptors (Lipinski definition) is 4. The van der Waals surface area contributed by atoms with E-state index in [9.17, 15) is 26.4 Å². The number of nitrogens with two attached hydrogens (primary N) is 1. The molecule has 2 aromatic carbocycles. The Labute approximate surface area is 177 Å². The summed E-state index contributed by atoms with van der Waals surface area (Å²) in [5.41, 5.74) is 0.565. The van der Waals surface area contributed by atoms with Crippen LogP contribution < -0.4 is 10.0 Å². The zero-order valence-corrected chi connectivity index (χ0v) is 17.3. The van der Waals surface area contributed by atoms with Crippen molar-refractivity contribution in [3.63, 3.8) is 0 Å². The van der Waals surface area contributed by atoms with Crippen molar-refractivity contribution in [2.75, 3.05) is 31.1 Å². The predicted molar refractivity (Wildman–Crippen MR) is 107 cm³/mol. The normalized spacial score (nSPS) is 15.4. The Kier molecular flexibility index (Phi) is 6.30.